The molecule has 0 unspecified atom stereocenters. The van der Waals surface area contributed by atoms with E-state index in [2.05, 4.69) is 11.9 Å². The first kappa shape index (κ1) is 20.6. The number of carboxylic acid groups (broad SMARTS) is 1. The van der Waals surface area contributed by atoms with Crippen LogP contribution in [0.5, 0.6) is 5.75 Å². The zero-order chi connectivity index (χ0) is 20.1. The lowest BCUT2D eigenvalue weighted by Crippen LogP contribution is -2.30. The molecule has 6 nitrogen and oxygen atoms in total. The SMILES string of the molecule is CCCCC(=O)N1CCC[C@H]1c1nc(COc2ccccc2Cl)c(C(=O)O)s1. The number of para-hydroxylation sites is 1. The Labute approximate surface area is 173 Å². The molecule has 1 amide bonds. The van der Waals surface area contributed by atoms with Crippen LogP contribution in [0.25, 0.3) is 0 Å². The lowest BCUT2D eigenvalue weighted by atomic mass is 10.2. The minimum atomic E-state index is -1.04. The van der Waals surface area contributed by atoms with Crippen molar-refractivity contribution in [1.29, 1.82) is 0 Å². The van der Waals surface area contributed by atoms with Gasteiger partial charge in [0.1, 0.15) is 27.9 Å². The molecule has 0 spiro atoms. The van der Waals surface area contributed by atoms with Crippen molar-refractivity contribution in [3.05, 3.63) is 44.9 Å². The first-order valence-electron chi connectivity index (χ1n) is 9.41. The number of halogens is 1. The molecule has 150 valence electrons. The summed E-state index contributed by atoms with van der Waals surface area (Å²) in [6.45, 7) is 2.76. The van der Waals surface area contributed by atoms with Gasteiger partial charge in [-0.15, -0.1) is 11.3 Å². The number of benzene rings is 1. The van der Waals surface area contributed by atoms with Crippen LogP contribution >= 0.6 is 22.9 Å². The van der Waals surface area contributed by atoms with Gasteiger partial charge in [0.25, 0.3) is 0 Å². The third-order valence-electron chi connectivity index (χ3n) is 4.71. The lowest BCUT2D eigenvalue weighted by Gasteiger charge is -2.23. The Morgan fingerprint density at radius 2 is 2.18 bits per heavy atom. The van der Waals surface area contributed by atoms with Crippen molar-refractivity contribution < 1.29 is 19.4 Å². The molecule has 28 heavy (non-hydrogen) atoms. The first-order valence-corrected chi connectivity index (χ1v) is 10.6. The van der Waals surface area contributed by atoms with Gasteiger partial charge in [-0.3, -0.25) is 4.79 Å². The highest BCUT2D eigenvalue weighted by atomic mass is 35.5. The van der Waals surface area contributed by atoms with Gasteiger partial charge >= 0.3 is 5.97 Å². The molecule has 0 bridgehead atoms. The molecule has 1 fully saturated rings. The molecule has 8 heteroatoms. The van der Waals surface area contributed by atoms with E-state index in [4.69, 9.17) is 16.3 Å². The van der Waals surface area contributed by atoms with Gasteiger partial charge in [0.15, 0.2) is 0 Å². The molecule has 1 aromatic heterocycles. The number of carbonyl (C=O) groups is 2. The Morgan fingerprint density at radius 1 is 1.39 bits per heavy atom. The van der Waals surface area contributed by atoms with Gasteiger partial charge in [0, 0.05) is 13.0 Å². The summed E-state index contributed by atoms with van der Waals surface area (Å²) in [7, 11) is 0. The van der Waals surface area contributed by atoms with Crippen LogP contribution in [-0.4, -0.2) is 33.4 Å². The zero-order valence-electron chi connectivity index (χ0n) is 15.7. The predicted octanol–water partition coefficient (Wildman–Crippen LogP) is 4.93. The van der Waals surface area contributed by atoms with E-state index in [-0.39, 0.29) is 23.4 Å². The maximum Gasteiger partial charge on any atom is 0.347 e. The maximum absolute atomic E-state index is 12.5. The van der Waals surface area contributed by atoms with E-state index in [9.17, 15) is 14.7 Å². The number of aromatic nitrogens is 1. The third-order valence-corrected chi connectivity index (χ3v) is 6.21. The van der Waals surface area contributed by atoms with Crippen molar-refractivity contribution in [2.24, 2.45) is 0 Å². The average molecular weight is 423 g/mol. The molecule has 0 aliphatic carbocycles. The van der Waals surface area contributed by atoms with Crippen molar-refractivity contribution in [2.75, 3.05) is 6.54 Å². The fraction of sp³-hybridized carbons (Fsp3) is 0.450. The fourth-order valence-corrected chi connectivity index (χ4v) is 4.53. The third kappa shape index (κ3) is 4.64. The smallest absolute Gasteiger partial charge is 0.347 e. The summed E-state index contributed by atoms with van der Waals surface area (Å²) in [4.78, 5) is 30.7. The molecule has 1 saturated heterocycles. The van der Waals surface area contributed by atoms with Crippen LogP contribution in [0.2, 0.25) is 5.02 Å². The molecule has 1 aliphatic rings. The van der Waals surface area contributed by atoms with Crippen molar-refractivity contribution in [1.82, 2.24) is 9.88 Å². The summed E-state index contributed by atoms with van der Waals surface area (Å²) in [5.74, 6) is -0.444. The van der Waals surface area contributed by atoms with Gasteiger partial charge < -0.3 is 14.7 Å². The second kappa shape index (κ2) is 9.39. The molecular weight excluding hydrogens is 400 g/mol. The van der Waals surface area contributed by atoms with Gasteiger partial charge in [0.2, 0.25) is 5.91 Å². The first-order chi connectivity index (χ1) is 13.5. The number of nitrogens with zero attached hydrogens (tertiary/aromatic N) is 2. The molecule has 1 aromatic carbocycles. The number of carboxylic acids is 1. The molecule has 3 rings (SSSR count). The highest BCUT2D eigenvalue weighted by Crippen LogP contribution is 2.36. The number of hydrogen-bond donors (Lipinski definition) is 1. The second-order valence-electron chi connectivity index (χ2n) is 6.70. The van der Waals surface area contributed by atoms with Crippen LogP contribution in [0.4, 0.5) is 0 Å². The molecule has 1 N–H and O–H groups in total. The minimum absolute atomic E-state index is 0.0123. The average Bonchev–Trinajstić information content (AvgIpc) is 3.32. The number of carbonyl (C=O) groups excluding carboxylic acids is 1. The van der Waals surface area contributed by atoms with E-state index in [0.717, 1.165) is 37.0 Å². The zero-order valence-corrected chi connectivity index (χ0v) is 17.3. The van der Waals surface area contributed by atoms with Crippen LogP contribution in [0.15, 0.2) is 24.3 Å². The summed E-state index contributed by atoms with van der Waals surface area (Å²) in [5, 5.41) is 10.7. The van der Waals surface area contributed by atoms with E-state index < -0.39 is 5.97 Å². The van der Waals surface area contributed by atoms with Crippen LogP contribution < -0.4 is 4.74 Å². The van der Waals surface area contributed by atoms with Crippen molar-refractivity contribution in [3.8, 4) is 5.75 Å². The van der Waals surface area contributed by atoms with E-state index in [1.807, 2.05) is 4.90 Å². The Morgan fingerprint density at radius 3 is 2.89 bits per heavy atom. The maximum atomic E-state index is 12.5. The lowest BCUT2D eigenvalue weighted by molar-refractivity contribution is -0.132. The van der Waals surface area contributed by atoms with E-state index in [1.54, 1.807) is 24.3 Å². The van der Waals surface area contributed by atoms with E-state index in [0.29, 0.717) is 34.4 Å². The standard InChI is InChI=1S/C20H23ClN2O4S/c1-2-3-10-17(24)23-11-6-8-15(23)19-22-14(18(28-19)20(25)26)12-27-16-9-5-4-7-13(16)21/h4-5,7,9,15H,2-3,6,8,10-12H2,1H3,(H,25,26)/t15-/m0/s1. The van der Waals surface area contributed by atoms with E-state index in [1.165, 1.54) is 0 Å². The molecule has 2 heterocycles. The number of rotatable bonds is 8. The second-order valence-corrected chi connectivity index (χ2v) is 8.14. The summed E-state index contributed by atoms with van der Waals surface area (Å²) in [6, 6.07) is 6.87. The quantitative estimate of drug-likeness (QED) is 0.652. The summed E-state index contributed by atoms with van der Waals surface area (Å²) in [6.07, 6.45) is 4.04. The van der Waals surface area contributed by atoms with Crippen LogP contribution in [-0.2, 0) is 11.4 Å². The van der Waals surface area contributed by atoms with Gasteiger partial charge in [-0.05, 0) is 31.4 Å². The molecule has 1 aliphatic heterocycles. The monoisotopic (exact) mass is 422 g/mol. The van der Waals surface area contributed by atoms with Crippen molar-refractivity contribution >= 4 is 34.8 Å². The number of thiazole rings is 1. The van der Waals surface area contributed by atoms with Gasteiger partial charge in [-0.1, -0.05) is 37.1 Å². The normalized spacial score (nSPS) is 16.4. The highest BCUT2D eigenvalue weighted by molar-refractivity contribution is 7.13. The Balaban J connectivity index is 1.79. The number of hydrogen-bond acceptors (Lipinski definition) is 5. The number of likely N-dealkylation sites (tertiary alicyclic amines) is 1. The summed E-state index contributed by atoms with van der Waals surface area (Å²) in [5.41, 5.74) is 0.361. The molecule has 1 atom stereocenters. The van der Waals surface area contributed by atoms with E-state index >= 15 is 0 Å². The highest BCUT2D eigenvalue weighted by Gasteiger charge is 2.33. The number of amides is 1. The largest absolute Gasteiger partial charge is 0.486 e. The topological polar surface area (TPSA) is 79.7 Å². The summed E-state index contributed by atoms with van der Waals surface area (Å²) >= 11 is 7.23. The number of ether oxygens (including phenoxy) is 1. The van der Waals surface area contributed by atoms with Crippen LogP contribution in [0, 0.1) is 0 Å². The van der Waals surface area contributed by atoms with Crippen LogP contribution in [0.3, 0.4) is 0 Å². The summed E-state index contributed by atoms with van der Waals surface area (Å²) < 4.78 is 5.69. The molecule has 2 aromatic rings. The Hall–Kier alpha value is -2.12. The van der Waals surface area contributed by atoms with Gasteiger partial charge in [0.05, 0.1) is 11.1 Å². The Kier molecular flexibility index (Phi) is 6.91. The van der Waals surface area contributed by atoms with Gasteiger partial charge in [-0.2, -0.15) is 0 Å². The Bertz CT molecular complexity index is 854. The predicted molar refractivity (Wildman–Crippen MR) is 108 cm³/mol. The molecular formula is C20H23ClN2O4S. The minimum Gasteiger partial charge on any atom is -0.486 e. The number of unbranched alkanes of at least 4 members (excludes halogenated alkanes) is 1. The van der Waals surface area contributed by atoms with Crippen LogP contribution in [0.1, 0.15) is 65.4 Å². The van der Waals surface area contributed by atoms with Crippen molar-refractivity contribution in [2.45, 2.75) is 51.7 Å². The molecule has 0 radical (unpaired) electrons. The molecule has 0 saturated carbocycles. The van der Waals surface area contributed by atoms with Crippen molar-refractivity contribution in [3.63, 3.8) is 0 Å². The van der Waals surface area contributed by atoms with Gasteiger partial charge in [-0.25, -0.2) is 9.78 Å². The number of aromatic carboxylic acids is 1. The fourth-order valence-electron chi connectivity index (χ4n) is 3.28.